The first kappa shape index (κ1) is 11.3. The van der Waals surface area contributed by atoms with Crippen LogP contribution in [0.5, 0.6) is 5.75 Å². The number of nitriles is 1. The van der Waals surface area contributed by atoms with Crippen molar-refractivity contribution in [2.45, 2.75) is 25.5 Å². The number of ether oxygens (including phenoxy) is 1. The Bertz CT molecular complexity index is 493. The van der Waals surface area contributed by atoms with Crippen molar-refractivity contribution in [2.24, 2.45) is 0 Å². The van der Waals surface area contributed by atoms with Crippen molar-refractivity contribution in [3.63, 3.8) is 0 Å². The molecule has 0 aromatic heterocycles. The zero-order valence-electron chi connectivity index (χ0n) is 9.30. The molecule has 2 rings (SSSR count). The average Bonchev–Trinajstić information content (AvgIpc) is 2.29. The number of anilines is 1. The zero-order chi connectivity index (χ0) is 12.4. The molecule has 0 saturated carbocycles. The molecule has 0 amide bonds. The Morgan fingerprint density at radius 2 is 2.41 bits per heavy atom. The lowest BCUT2D eigenvalue weighted by Crippen LogP contribution is -2.40. The number of hydrogen-bond donors (Lipinski definition) is 2. The predicted octanol–water partition coefficient (Wildman–Crippen LogP) is 1.59. The average molecular weight is 232 g/mol. The van der Waals surface area contributed by atoms with Crippen LogP contribution >= 0.6 is 0 Å². The number of nitrogens with zero attached hydrogens (tertiary/aromatic N) is 1. The minimum Gasteiger partial charge on any atom is -0.485 e. The van der Waals surface area contributed by atoms with Crippen molar-refractivity contribution in [3.8, 4) is 11.8 Å². The van der Waals surface area contributed by atoms with Crippen molar-refractivity contribution >= 4 is 11.7 Å². The van der Waals surface area contributed by atoms with Crippen LogP contribution in [0.1, 0.15) is 18.9 Å². The SMILES string of the molecule is CC1Nc2ccc(C#N)cc2OC1CC(=O)O. The summed E-state index contributed by atoms with van der Waals surface area (Å²) < 4.78 is 5.60. The second-order valence-corrected chi connectivity index (χ2v) is 4.01. The fourth-order valence-corrected chi connectivity index (χ4v) is 1.80. The Balaban J connectivity index is 2.26. The van der Waals surface area contributed by atoms with E-state index in [1.165, 1.54) is 0 Å². The van der Waals surface area contributed by atoms with Gasteiger partial charge >= 0.3 is 5.97 Å². The molecule has 88 valence electrons. The highest BCUT2D eigenvalue weighted by Crippen LogP contribution is 2.32. The summed E-state index contributed by atoms with van der Waals surface area (Å²) in [6, 6.07) is 7.02. The normalized spacial score (nSPS) is 21.6. The molecule has 1 aliphatic heterocycles. The summed E-state index contributed by atoms with van der Waals surface area (Å²) in [5.74, 6) is -0.364. The molecule has 0 radical (unpaired) electrons. The topological polar surface area (TPSA) is 82.3 Å². The highest BCUT2D eigenvalue weighted by Gasteiger charge is 2.28. The van der Waals surface area contributed by atoms with Crippen LogP contribution < -0.4 is 10.1 Å². The number of fused-ring (bicyclic) bond motifs is 1. The van der Waals surface area contributed by atoms with Crippen LogP contribution in [0.4, 0.5) is 5.69 Å². The molecule has 0 aliphatic carbocycles. The first-order valence-electron chi connectivity index (χ1n) is 5.29. The van der Waals surface area contributed by atoms with E-state index < -0.39 is 12.1 Å². The number of rotatable bonds is 2. The van der Waals surface area contributed by atoms with Gasteiger partial charge in [-0.15, -0.1) is 0 Å². The Labute approximate surface area is 98.6 Å². The summed E-state index contributed by atoms with van der Waals surface area (Å²) in [6.45, 7) is 1.87. The highest BCUT2D eigenvalue weighted by molar-refractivity contribution is 5.69. The van der Waals surface area contributed by atoms with E-state index in [0.717, 1.165) is 5.69 Å². The van der Waals surface area contributed by atoms with E-state index in [2.05, 4.69) is 5.32 Å². The van der Waals surface area contributed by atoms with Gasteiger partial charge in [-0.3, -0.25) is 4.79 Å². The third-order valence-corrected chi connectivity index (χ3v) is 2.71. The molecule has 0 fully saturated rings. The third-order valence-electron chi connectivity index (χ3n) is 2.71. The van der Waals surface area contributed by atoms with E-state index in [4.69, 9.17) is 15.1 Å². The van der Waals surface area contributed by atoms with E-state index in [9.17, 15) is 4.79 Å². The second kappa shape index (κ2) is 4.34. The van der Waals surface area contributed by atoms with Gasteiger partial charge in [0.25, 0.3) is 0 Å². The van der Waals surface area contributed by atoms with Crippen molar-refractivity contribution in [1.82, 2.24) is 0 Å². The van der Waals surface area contributed by atoms with Crippen LogP contribution in [-0.2, 0) is 4.79 Å². The quantitative estimate of drug-likeness (QED) is 0.809. The Kier molecular flexibility index (Phi) is 2.88. The molecule has 1 aromatic rings. The summed E-state index contributed by atoms with van der Waals surface area (Å²) in [7, 11) is 0. The monoisotopic (exact) mass is 232 g/mol. The third kappa shape index (κ3) is 2.31. The van der Waals surface area contributed by atoms with Gasteiger partial charge in [-0.1, -0.05) is 0 Å². The molecule has 1 aliphatic rings. The van der Waals surface area contributed by atoms with Crippen LogP contribution in [0.3, 0.4) is 0 Å². The van der Waals surface area contributed by atoms with E-state index in [-0.39, 0.29) is 12.5 Å². The summed E-state index contributed by atoms with van der Waals surface area (Å²) in [5.41, 5.74) is 1.28. The maximum absolute atomic E-state index is 10.7. The van der Waals surface area contributed by atoms with Crippen LogP contribution in [0.2, 0.25) is 0 Å². The largest absolute Gasteiger partial charge is 0.485 e. The minimum atomic E-state index is -0.900. The lowest BCUT2D eigenvalue weighted by Gasteiger charge is -2.32. The first-order chi connectivity index (χ1) is 8.10. The number of hydrogen-bond acceptors (Lipinski definition) is 4. The molecule has 1 heterocycles. The van der Waals surface area contributed by atoms with E-state index in [1.54, 1.807) is 18.2 Å². The molecule has 2 atom stereocenters. The Morgan fingerprint density at radius 3 is 3.06 bits per heavy atom. The molecular weight excluding hydrogens is 220 g/mol. The van der Waals surface area contributed by atoms with Crippen LogP contribution in [0, 0.1) is 11.3 Å². The van der Waals surface area contributed by atoms with E-state index in [1.807, 2.05) is 13.0 Å². The fraction of sp³-hybridized carbons (Fsp3) is 0.333. The molecule has 5 nitrogen and oxygen atoms in total. The molecule has 0 bridgehead atoms. The van der Waals surface area contributed by atoms with Gasteiger partial charge in [0, 0.05) is 6.07 Å². The summed E-state index contributed by atoms with van der Waals surface area (Å²) in [5, 5.41) is 20.7. The van der Waals surface area contributed by atoms with E-state index in [0.29, 0.717) is 11.3 Å². The number of nitrogens with one attached hydrogen (secondary N) is 1. The van der Waals surface area contributed by atoms with Crippen LogP contribution in [0.25, 0.3) is 0 Å². The number of carboxylic acids is 1. The van der Waals surface area contributed by atoms with Crippen LogP contribution in [0.15, 0.2) is 18.2 Å². The molecule has 5 heteroatoms. The second-order valence-electron chi connectivity index (χ2n) is 4.01. The smallest absolute Gasteiger partial charge is 0.307 e. The number of carbonyl (C=O) groups is 1. The van der Waals surface area contributed by atoms with Gasteiger partial charge in [-0.2, -0.15) is 5.26 Å². The summed E-state index contributed by atoms with van der Waals surface area (Å²) in [6.07, 6.45) is -0.487. The fourth-order valence-electron chi connectivity index (χ4n) is 1.80. The first-order valence-corrected chi connectivity index (χ1v) is 5.29. The zero-order valence-corrected chi connectivity index (χ0v) is 9.30. The van der Waals surface area contributed by atoms with Crippen molar-refractivity contribution < 1.29 is 14.6 Å². The molecule has 2 unspecified atom stereocenters. The van der Waals surface area contributed by atoms with Gasteiger partial charge < -0.3 is 15.2 Å². The maximum Gasteiger partial charge on any atom is 0.307 e. The molecule has 1 aromatic carbocycles. The van der Waals surface area contributed by atoms with Gasteiger partial charge in [0.2, 0.25) is 0 Å². The standard InChI is InChI=1S/C12H12N2O3/c1-7-10(5-12(15)16)17-11-4-8(6-13)2-3-9(11)14-7/h2-4,7,10,14H,5H2,1H3,(H,15,16). The molecule has 0 saturated heterocycles. The Morgan fingerprint density at radius 1 is 1.65 bits per heavy atom. The number of carboxylic acid groups (broad SMARTS) is 1. The minimum absolute atomic E-state index is 0.0651. The molecule has 2 N–H and O–H groups in total. The molecule has 0 spiro atoms. The summed E-state index contributed by atoms with van der Waals surface area (Å²) >= 11 is 0. The van der Waals surface area contributed by atoms with E-state index >= 15 is 0 Å². The predicted molar refractivity (Wildman–Crippen MR) is 60.9 cm³/mol. The van der Waals surface area contributed by atoms with Crippen LogP contribution in [-0.4, -0.2) is 23.2 Å². The number of aliphatic carboxylic acids is 1. The molecule has 17 heavy (non-hydrogen) atoms. The van der Waals surface area contributed by atoms with Crippen molar-refractivity contribution in [2.75, 3.05) is 5.32 Å². The number of benzene rings is 1. The van der Waals surface area contributed by atoms with Crippen molar-refractivity contribution in [1.29, 1.82) is 5.26 Å². The van der Waals surface area contributed by atoms with Gasteiger partial charge in [-0.05, 0) is 19.1 Å². The lowest BCUT2D eigenvalue weighted by atomic mass is 10.1. The lowest BCUT2D eigenvalue weighted by molar-refractivity contribution is -0.139. The Hall–Kier alpha value is -2.22. The molecular formula is C12H12N2O3. The summed E-state index contributed by atoms with van der Waals surface area (Å²) in [4.78, 5) is 10.7. The van der Waals surface area contributed by atoms with Gasteiger partial charge in [0.1, 0.15) is 11.9 Å². The maximum atomic E-state index is 10.7. The van der Waals surface area contributed by atoms with Gasteiger partial charge in [0.05, 0.1) is 29.8 Å². The highest BCUT2D eigenvalue weighted by atomic mass is 16.5. The van der Waals surface area contributed by atoms with Crippen molar-refractivity contribution in [3.05, 3.63) is 23.8 Å². The van der Waals surface area contributed by atoms with Gasteiger partial charge in [-0.25, -0.2) is 0 Å². The van der Waals surface area contributed by atoms with Gasteiger partial charge in [0.15, 0.2) is 0 Å².